The summed E-state index contributed by atoms with van der Waals surface area (Å²) in [7, 11) is 0. The molecule has 2 heterocycles. The highest BCUT2D eigenvalue weighted by Gasteiger charge is 2.27. The monoisotopic (exact) mass is 274 g/mol. The average molecular weight is 274 g/mol. The molecule has 2 rings (SSSR count). The summed E-state index contributed by atoms with van der Waals surface area (Å²) in [5.41, 5.74) is 0.332. The summed E-state index contributed by atoms with van der Waals surface area (Å²) in [6.45, 7) is 3.55. The molecule has 1 aromatic heterocycles. The lowest BCUT2D eigenvalue weighted by molar-refractivity contribution is -0.138. The highest BCUT2D eigenvalue weighted by molar-refractivity contribution is 5.67. The minimum Gasteiger partial charge on any atom is -0.481 e. The highest BCUT2D eigenvalue weighted by Crippen LogP contribution is 2.29. The molecule has 0 aliphatic carbocycles. The molecular formula is C14H18N4O2. The van der Waals surface area contributed by atoms with E-state index in [0.29, 0.717) is 17.4 Å². The van der Waals surface area contributed by atoms with E-state index in [1.807, 2.05) is 6.92 Å². The van der Waals surface area contributed by atoms with Crippen LogP contribution in [0.3, 0.4) is 0 Å². The maximum atomic E-state index is 10.8. The minimum absolute atomic E-state index is 0.123. The van der Waals surface area contributed by atoms with Crippen LogP contribution in [0, 0.1) is 23.2 Å². The third kappa shape index (κ3) is 3.23. The summed E-state index contributed by atoms with van der Waals surface area (Å²) in [6, 6.07) is 2.06. The molecule has 2 atom stereocenters. The molecule has 1 fully saturated rings. The van der Waals surface area contributed by atoms with Gasteiger partial charge < -0.3 is 10.0 Å². The fraction of sp³-hybridized carbons (Fsp3) is 0.571. The number of anilines is 1. The van der Waals surface area contributed by atoms with Crippen LogP contribution in [0.2, 0.25) is 0 Å². The van der Waals surface area contributed by atoms with E-state index in [2.05, 4.69) is 20.9 Å². The van der Waals surface area contributed by atoms with Crippen molar-refractivity contribution in [3.8, 4) is 6.07 Å². The minimum atomic E-state index is -0.758. The summed E-state index contributed by atoms with van der Waals surface area (Å²) in [5.74, 6) is 0.292. The zero-order chi connectivity index (χ0) is 14.5. The quantitative estimate of drug-likeness (QED) is 0.898. The molecule has 1 aliphatic rings. The molecule has 0 bridgehead atoms. The number of aromatic nitrogens is 2. The lowest BCUT2D eigenvalue weighted by Gasteiger charge is -2.36. The van der Waals surface area contributed by atoms with Gasteiger partial charge in [0.15, 0.2) is 11.5 Å². The van der Waals surface area contributed by atoms with Crippen molar-refractivity contribution < 1.29 is 9.90 Å². The maximum absolute atomic E-state index is 10.8. The standard InChI is InChI=1S/C14H18N4O2/c1-10(7-13(19)20)11-3-2-6-18(9-11)14-12(8-15)16-4-5-17-14/h4-5,10-11H,2-3,6-7,9H2,1H3,(H,19,20). The summed E-state index contributed by atoms with van der Waals surface area (Å²) < 4.78 is 0. The summed E-state index contributed by atoms with van der Waals surface area (Å²) >= 11 is 0. The Bertz CT molecular complexity index is 526. The van der Waals surface area contributed by atoms with E-state index in [4.69, 9.17) is 10.4 Å². The van der Waals surface area contributed by atoms with Gasteiger partial charge in [0.25, 0.3) is 0 Å². The van der Waals surface area contributed by atoms with Crippen LogP contribution in [0.25, 0.3) is 0 Å². The third-order valence-electron chi connectivity index (χ3n) is 3.84. The molecular weight excluding hydrogens is 256 g/mol. The van der Waals surface area contributed by atoms with Gasteiger partial charge in [0.2, 0.25) is 0 Å². The first-order valence-electron chi connectivity index (χ1n) is 6.79. The lowest BCUT2D eigenvalue weighted by Crippen LogP contribution is -2.39. The van der Waals surface area contributed by atoms with E-state index in [0.717, 1.165) is 25.9 Å². The molecule has 0 spiro atoms. The van der Waals surface area contributed by atoms with Crippen molar-refractivity contribution in [2.24, 2.45) is 11.8 Å². The van der Waals surface area contributed by atoms with Gasteiger partial charge in [0.1, 0.15) is 6.07 Å². The van der Waals surface area contributed by atoms with Crippen molar-refractivity contribution in [1.82, 2.24) is 9.97 Å². The fourth-order valence-corrected chi connectivity index (χ4v) is 2.75. The first-order chi connectivity index (χ1) is 9.61. The van der Waals surface area contributed by atoms with E-state index in [9.17, 15) is 4.79 Å². The molecule has 6 heteroatoms. The number of nitrogens with zero attached hydrogens (tertiary/aromatic N) is 4. The summed E-state index contributed by atoms with van der Waals surface area (Å²) in [4.78, 5) is 21.2. The van der Waals surface area contributed by atoms with Crippen LogP contribution in [0.5, 0.6) is 0 Å². The van der Waals surface area contributed by atoms with Gasteiger partial charge in [-0.2, -0.15) is 5.26 Å². The third-order valence-corrected chi connectivity index (χ3v) is 3.84. The Hall–Kier alpha value is -2.16. The predicted octanol–water partition coefficient (Wildman–Crippen LogP) is 1.68. The molecule has 1 saturated heterocycles. The van der Waals surface area contributed by atoms with Gasteiger partial charge in [-0.1, -0.05) is 6.92 Å². The van der Waals surface area contributed by atoms with Crippen LogP contribution in [0.4, 0.5) is 5.82 Å². The van der Waals surface area contributed by atoms with Crippen molar-refractivity contribution in [1.29, 1.82) is 5.26 Å². The molecule has 106 valence electrons. The van der Waals surface area contributed by atoms with Crippen LogP contribution in [-0.4, -0.2) is 34.1 Å². The second kappa shape index (κ2) is 6.33. The fourth-order valence-electron chi connectivity index (χ4n) is 2.75. The topological polar surface area (TPSA) is 90.1 Å². The number of carboxylic acids is 1. The Morgan fingerprint density at radius 3 is 3.05 bits per heavy atom. The van der Waals surface area contributed by atoms with Crippen molar-refractivity contribution in [3.63, 3.8) is 0 Å². The lowest BCUT2D eigenvalue weighted by atomic mass is 9.84. The number of nitriles is 1. The van der Waals surface area contributed by atoms with Crippen LogP contribution in [0.1, 0.15) is 31.9 Å². The number of aliphatic carboxylic acids is 1. The molecule has 20 heavy (non-hydrogen) atoms. The zero-order valence-corrected chi connectivity index (χ0v) is 11.5. The Morgan fingerprint density at radius 2 is 2.35 bits per heavy atom. The Labute approximate surface area is 118 Å². The Balaban J connectivity index is 2.11. The van der Waals surface area contributed by atoms with E-state index < -0.39 is 5.97 Å². The van der Waals surface area contributed by atoms with Crippen molar-refractivity contribution in [2.45, 2.75) is 26.2 Å². The maximum Gasteiger partial charge on any atom is 0.303 e. The first kappa shape index (κ1) is 14.3. The summed E-state index contributed by atoms with van der Waals surface area (Å²) in [6.07, 6.45) is 5.28. The van der Waals surface area contributed by atoms with Crippen LogP contribution in [-0.2, 0) is 4.79 Å². The van der Waals surface area contributed by atoms with Gasteiger partial charge in [0, 0.05) is 31.9 Å². The van der Waals surface area contributed by atoms with Gasteiger partial charge in [-0.3, -0.25) is 4.79 Å². The first-order valence-corrected chi connectivity index (χ1v) is 6.79. The summed E-state index contributed by atoms with van der Waals surface area (Å²) in [5, 5.41) is 18.0. The smallest absolute Gasteiger partial charge is 0.303 e. The number of hydrogen-bond donors (Lipinski definition) is 1. The van der Waals surface area contributed by atoms with E-state index >= 15 is 0 Å². The molecule has 1 N–H and O–H groups in total. The van der Waals surface area contributed by atoms with Crippen LogP contribution in [0.15, 0.2) is 12.4 Å². The largest absolute Gasteiger partial charge is 0.481 e. The Morgan fingerprint density at radius 1 is 1.60 bits per heavy atom. The van der Waals surface area contributed by atoms with Crippen LogP contribution >= 0.6 is 0 Å². The average Bonchev–Trinajstić information content (AvgIpc) is 2.46. The second-order valence-corrected chi connectivity index (χ2v) is 5.26. The number of piperidine rings is 1. The van der Waals surface area contributed by atoms with Crippen molar-refractivity contribution in [2.75, 3.05) is 18.0 Å². The molecule has 0 aromatic carbocycles. The van der Waals surface area contributed by atoms with Gasteiger partial charge in [0.05, 0.1) is 0 Å². The molecule has 2 unspecified atom stereocenters. The molecule has 1 aliphatic heterocycles. The normalized spacial score (nSPS) is 20.2. The predicted molar refractivity (Wildman–Crippen MR) is 73.1 cm³/mol. The number of hydrogen-bond acceptors (Lipinski definition) is 5. The SMILES string of the molecule is CC(CC(=O)O)C1CCCN(c2nccnc2C#N)C1. The molecule has 0 radical (unpaired) electrons. The van der Waals surface area contributed by atoms with E-state index in [1.54, 1.807) is 6.20 Å². The van der Waals surface area contributed by atoms with Gasteiger partial charge in [-0.05, 0) is 24.7 Å². The van der Waals surface area contributed by atoms with Gasteiger partial charge >= 0.3 is 5.97 Å². The zero-order valence-electron chi connectivity index (χ0n) is 11.5. The number of rotatable bonds is 4. The van der Waals surface area contributed by atoms with E-state index in [1.165, 1.54) is 6.20 Å². The number of carboxylic acid groups (broad SMARTS) is 1. The van der Waals surface area contributed by atoms with Crippen molar-refractivity contribution in [3.05, 3.63) is 18.1 Å². The molecule has 0 saturated carbocycles. The van der Waals surface area contributed by atoms with Gasteiger partial charge in [-0.25, -0.2) is 9.97 Å². The molecule has 1 aromatic rings. The number of carbonyl (C=O) groups is 1. The van der Waals surface area contributed by atoms with E-state index in [-0.39, 0.29) is 12.3 Å². The highest BCUT2D eigenvalue weighted by atomic mass is 16.4. The molecule has 6 nitrogen and oxygen atoms in total. The Kier molecular flexibility index (Phi) is 4.51. The second-order valence-electron chi connectivity index (χ2n) is 5.26. The van der Waals surface area contributed by atoms with Crippen molar-refractivity contribution >= 4 is 11.8 Å². The van der Waals surface area contributed by atoms with Crippen LogP contribution < -0.4 is 4.90 Å². The van der Waals surface area contributed by atoms with Gasteiger partial charge in [-0.15, -0.1) is 0 Å². The molecule has 0 amide bonds.